The van der Waals surface area contributed by atoms with Gasteiger partial charge in [0.05, 0.1) is 6.26 Å². The lowest BCUT2D eigenvalue weighted by atomic mass is 10.2. The van der Waals surface area contributed by atoms with Gasteiger partial charge in [0.15, 0.2) is 5.82 Å². The molecule has 0 bridgehead atoms. The number of hydrogen-bond acceptors (Lipinski definition) is 6. The van der Waals surface area contributed by atoms with Gasteiger partial charge in [0.1, 0.15) is 6.04 Å². The third kappa shape index (κ3) is 3.95. The van der Waals surface area contributed by atoms with E-state index in [1.807, 2.05) is 6.92 Å². The highest BCUT2D eigenvalue weighted by Crippen LogP contribution is 2.20. The molecule has 2 rings (SSSR count). The Hall–Kier alpha value is -2.09. The first-order valence-corrected chi connectivity index (χ1v) is 7.87. The fourth-order valence-electron chi connectivity index (χ4n) is 1.65. The molecule has 0 aliphatic rings. The Bertz CT molecular complexity index is 679. The Morgan fingerprint density at radius 1 is 1.20 bits per heavy atom. The minimum Gasteiger partial charge on any atom is -0.374 e. The quantitative estimate of drug-likeness (QED) is 0.875. The van der Waals surface area contributed by atoms with Crippen molar-refractivity contribution in [3.05, 3.63) is 36.0 Å². The molecule has 0 radical (unpaired) electrons. The molecule has 108 valence electrons. The highest BCUT2D eigenvalue weighted by atomic mass is 32.2. The Kier molecular flexibility index (Phi) is 3.93. The number of anilines is 2. The van der Waals surface area contributed by atoms with Crippen LogP contribution < -0.4 is 10.0 Å². The highest BCUT2D eigenvalue weighted by Gasteiger charge is 2.12. The molecule has 1 unspecified atom stereocenters. The van der Waals surface area contributed by atoms with E-state index in [-0.39, 0.29) is 6.04 Å². The highest BCUT2D eigenvalue weighted by molar-refractivity contribution is 7.92. The first-order valence-electron chi connectivity index (χ1n) is 5.98. The second-order valence-electron chi connectivity index (χ2n) is 4.50. The number of nitrogens with zero attached hydrogens (tertiary/aromatic N) is 2. The van der Waals surface area contributed by atoms with Gasteiger partial charge >= 0.3 is 0 Å². The Balaban J connectivity index is 2.03. The number of aryl methyl sites for hydroxylation is 1. The Morgan fingerprint density at radius 3 is 2.30 bits per heavy atom. The summed E-state index contributed by atoms with van der Waals surface area (Å²) in [6, 6.07) is 6.76. The molecule has 1 aromatic carbocycles. The summed E-state index contributed by atoms with van der Waals surface area (Å²) in [6.45, 7) is 3.65. The molecule has 2 aromatic rings. The van der Waals surface area contributed by atoms with Crippen molar-refractivity contribution in [2.45, 2.75) is 19.9 Å². The van der Waals surface area contributed by atoms with Crippen LogP contribution in [0.1, 0.15) is 24.7 Å². The van der Waals surface area contributed by atoms with Crippen molar-refractivity contribution in [3.63, 3.8) is 0 Å². The van der Waals surface area contributed by atoms with Crippen LogP contribution in [0.4, 0.5) is 11.4 Å². The average Bonchev–Trinajstić information content (AvgIpc) is 2.77. The molecule has 7 nitrogen and oxygen atoms in total. The van der Waals surface area contributed by atoms with Gasteiger partial charge in [0.25, 0.3) is 0 Å². The number of nitrogens with one attached hydrogen (secondary N) is 2. The number of benzene rings is 1. The van der Waals surface area contributed by atoms with Crippen LogP contribution in [0.3, 0.4) is 0 Å². The molecular formula is C12H16N4O3S. The van der Waals surface area contributed by atoms with Crippen molar-refractivity contribution in [2.75, 3.05) is 16.3 Å². The molecule has 0 spiro atoms. The molecule has 1 atom stereocenters. The zero-order valence-electron chi connectivity index (χ0n) is 11.4. The Morgan fingerprint density at radius 2 is 1.80 bits per heavy atom. The summed E-state index contributed by atoms with van der Waals surface area (Å²) < 4.78 is 29.7. The van der Waals surface area contributed by atoms with Gasteiger partial charge in [-0.3, -0.25) is 4.72 Å². The summed E-state index contributed by atoms with van der Waals surface area (Å²) in [5, 5.41) is 6.92. The van der Waals surface area contributed by atoms with Crippen LogP contribution in [0.2, 0.25) is 0 Å². The van der Waals surface area contributed by atoms with Gasteiger partial charge in [-0.2, -0.15) is 4.98 Å². The topological polar surface area (TPSA) is 97.1 Å². The summed E-state index contributed by atoms with van der Waals surface area (Å²) in [5.74, 6) is 1.09. The summed E-state index contributed by atoms with van der Waals surface area (Å²) in [6.07, 6.45) is 1.11. The van der Waals surface area contributed by atoms with E-state index < -0.39 is 10.0 Å². The minimum atomic E-state index is -3.26. The lowest BCUT2D eigenvalue weighted by Crippen LogP contribution is -2.10. The van der Waals surface area contributed by atoms with Gasteiger partial charge in [-0.1, -0.05) is 5.16 Å². The van der Waals surface area contributed by atoms with Crippen molar-refractivity contribution in [1.82, 2.24) is 10.1 Å². The third-order valence-electron chi connectivity index (χ3n) is 2.49. The normalized spacial score (nSPS) is 12.9. The number of aromatic nitrogens is 2. The zero-order chi connectivity index (χ0) is 14.8. The second-order valence-corrected chi connectivity index (χ2v) is 6.25. The fraction of sp³-hybridized carbons (Fsp3) is 0.333. The van der Waals surface area contributed by atoms with E-state index in [1.165, 1.54) is 0 Å². The van der Waals surface area contributed by atoms with E-state index >= 15 is 0 Å². The van der Waals surface area contributed by atoms with Gasteiger partial charge in [0, 0.05) is 11.4 Å². The van der Waals surface area contributed by atoms with Crippen molar-refractivity contribution in [3.8, 4) is 0 Å². The molecular weight excluding hydrogens is 280 g/mol. The maximum absolute atomic E-state index is 11.1. The molecule has 0 saturated heterocycles. The summed E-state index contributed by atoms with van der Waals surface area (Å²) >= 11 is 0. The third-order valence-corrected chi connectivity index (χ3v) is 3.09. The van der Waals surface area contributed by atoms with Crippen molar-refractivity contribution in [1.29, 1.82) is 0 Å². The maximum Gasteiger partial charge on any atom is 0.248 e. The summed E-state index contributed by atoms with van der Waals surface area (Å²) in [4.78, 5) is 4.14. The van der Waals surface area contributed by atoms with E-state index in [2.05, 4.69) is 20.2 Å². The molecule has 8 heteroatoms. The van der Waals surface area contributed by atoms with Gasteiger partial charge in [-0.15, -0.1) is 0 Å². The second kappa shape index (κ2) is 5.49. The van der Waals surface area contributed by atoms with E-state index in [9.17, 15) is 8.42 Å². The fourth-order valence-corrected chi connectivity index (χ4v) is 2.21. The van der Waals surface area contributed by atoms with Crippen LogP contribution in [0.25, 0.3) is 0 Å². The molecule has 0 fully saturated rings. The predicted octanol–water partition coefficient (Wildman–Crippen LogP) is 1.92. The molecule has 2 N–H and O–H groups in total. The van der Waals surface area contributed by atoms with E-state index in [0.717, 1.165) is 11.9 Å². The predicted molar refractivity (Wildman–Crippen MR) is 76.0 cm³/mol. The van der Waals surface area contributed by atoms with Crippen LogP contribution in [-0.4, -0.2) is 24.8 Å². The molecule has 20 heavy (non-hydrogen) atoms. The van der Waals surface area contributed by atoms with Crippen LogP contribution >= 0.6 is 0 Å². The molecule has 0 aliphatic heterocycles. The molecule has 0 amide bonds. The lowest BCUT2D eigenvalue weighted by molar-refractivity contribution is 0.364. The van der Waals surface area contributed by atoms with Crippen LogP contribution in [0.5, 0.6) is 0 Å². The smallest absolute Gasteiger partial charge is 0.248 e. The van der Waals surface area contributed by atoms with Crippen molar-refractivity contribution in [2.24, 2.45) is 0 Å². The summed E-state index contributed by atoms with van der Waals surface area (Å²) in [5.41, 5.74) is 1.34. The van der Waals surface area contributed by atoms with Gasteiger partial charge < -0.3 is 9.84 Å². The van der Waals surface area contributed by atoms with Crippen molar-refractivity contribution < 1.29 is 12.9 Å². The maximum atomic E-state index is 11.1. The van der Waals surface area contributed by atoms with Crippen molar-refractivity contribution >= 4 is 21.4 Å². The zero-order valence-corrected chi connectivity index (χ0v) is 12.2. The Labute approximate surface area is 117 Å². The van der Waals surface area contributed by atoms with Crippen LogP contribution in [0, 0.1) is 6.92 Å². The number of sulfonamides is 1. The van der Waals surface area contributed by atoms with Crippen LogP contribution in [0.15, 0.2) is 28.8 Å². The lowest BCUT2D eigenvalue weighted by Gasteiger charge is -2.12. The van der Waals surface area contributed by atoms with E-state index in [4.69, 9.17) is 4.52 Å². The minimum absolute atomic E-state index is 0.134. The van der Waals surface area contributed by atoms with E-state index in [0.29, 0.717) is 17.4 Å². The number of hydrogen-bond donors (Lipinski definition) is 2. The summed E-state index contributed by atoms with van der Waals surface area (Å²) in [7, 11) is -3.26. The SMILES string of the molecule is Cc1noc(C(C)Nc2ccc(NS(C)(=O)=O)cc2)n1. The van der Waals surface area contributed by atoms with Gasteiger partial charge in [0.2, 0.25) is 15.9 Å². The average molecular weight is 296 g/mol. The molecule has 1 heterocycles. The first-order chi connectivity index (χ1) is 9.33. The standard InChI is InChI=1S/C12H16N4O3S/c1-8(12-14-9(2)15-19-12)13-10-4-6-11(7-5-10)16-20(3,17)18/h4-8,13,16H,1-3H3. The van der Waals surface area contributed by atoms with Crippen LogP contribution in [-0.2, 0) is 10.0 Å². The van der Waals surface area contributed by atoms with Gasteiger partial charge in [-0.25, -0.2) is 8.42 Å². The monoisotopic (exact) mass is 296 g/mol. The van der Waals surface area contributed by atoms with Gasteiger partial charge in [-0.05, 0) is 38.1 Å². The molecule has 0 saturated carbocycles. The van der Waals surface area contributed by atoms with E-state index in [1.54, 1.807) is 31.2 Å². The first kappa shape index (κ1) is 14.3. The molecule has 0 aliphatic carbocycles. The largest absolute Gasteiger partial charge is 0.374 e. The number of rotatable bonds is 5. The molecule has 1 aromatic heterocycles.